The molecule has 0 rings (SSSR count). The van der Waals surface area contributed by atoms with Crippen LogP contribution in [0.2, 0.25) is 0 Å². The molecular formula is C12H24O3. The molecule has 0 heterocycles. The molecule has 0 amide bonds. The van der Waals surface area contributed by atoms with Gasteiger partial charge in [0.05, 0.1) is 5.60 Å². The standard InChI is InChI=1S/C12H24O3/c1-11(2,3)12(4,15)9-7-5-6-8-10(13)14/h15H,5-9H2,1-4H3,(H,13,14). The number of hydrogen-bond donors (Lipinski definition) is 2. The minimum Gasteiger partial charge on any atom is -0.481 e. The van der Waals surface area contributed by atoms with Crippen molar-refractivity contribution in [3.05, 3.63) is 0 Å². The topological polar surface area (TPSA) is 57.5 Å². The highest BCUT2D eigenvalue weighted by atomic mass is 16.4. The number of carboxylic acids is 1. The Morgan fingerprint density at radius 1 is 1.07 bits per heavy atom. The first-order valence-corrected chi connectivity index (χ1v) is 5.61. The molecule has 2 N–H and O–H groups in total. The quantitative estimate of drug-likeness (QED) is 0.671. The van der Waals surface area contributed by atoms with Crippen molar-refractivity contribution in [1.82, 2.24) is 0 Å². The van der Waals surface area contributed by atoms with E-state index in [0.717, 1.165) is 19.3 Å². The van der Waals surface area contributed by atoms with E-state index in [-0.39, 0.29) is 11.8 Å². The summed E-state index contributed by atoms with van der Waals surface area (Å²) in [5.41, 5.74) is -0.796. The lowest BCUT2D eigenvalue weighted by molar-refractivity contribution is -0.137. The van der Waals surface area contributed by atoms with Crippen LogP contribution in [0.5, 0.6) is 0 Å². The molecule has 0 aliphatic carbocycles. The van der Waals surface area contributed by atoms with Crippen molar-refractivity contribution in [2.24, 2.45) is 5.41 Å². The van der Waals surface area contributed by atoms with Crippen LogP contribution in [0.4, 0.5) is 0 Å². The summed E-state index contributed by atoms with van der Waals surface area (Å²) in [5, 5.41) is 18.6. The van der Waals surface area contributed by atoms with E-state index in [2.05, 4.69) is 0 Å². The molecule has 15 heavy (non-hydrogen) atoms. The molecular weight excluding hydrogens is 192 g/mol. The van der Waals surface area contributed by atoms with Crippen molar-refractivity contribution in [3.8, 4) is 0 Å². The van der Waals surface area contributed by atoms with Gasteiger partial charge in [0, 0.05) is 6.42 Å². The van der Waals surface area contributed by atoms with Crippen molar-refractivity contribution in [3.63, 3.8) is 0 Å². The maximum atomic E-state index is 10.3. The van der Waals surface area contributed by atoms with Crippen LogP contribution in [-0.2, 0) is 4.79 Å². The Kier molecular flexibility index (Phi) is 5.29. The Bertz CT molecular complexity index is 201. The first kappa shape index (κ1) is 14.4. The Balaban J connectivity index is 3.72. The Hall–Kier alpha value is -0.570. The van der Waals surface area contributed by atoms with Crippen LogP contribution in [-0.4, -0.2) is 21.8 Å². The number of rotatable bonds is 6. The molecule has 0 spiro atoms. The molecule has 0 aromatic carbocycles. The number of unbranched alkanes of at least 4 members (excludes halogenated alkanes) is 2. The van der Waals surface area contributed by atoms with E-state index in [4.69, 9.17) is 5.11 Å². The zero-order valence-corrected chi connectivity index (χ0v) is 10.3. The normalized spacial score (nSPS) is 16.1. The van der Waals surface area contributed by atoms with Gasteiger partial charge in [-0.2, -0.15) is 0 Å². The minimum absolute atomic E-state index is 0.125. The Morgan fingerprint density at radius 2 is 1.60 bits per heavy atom. The van der Waals surface area contributed by atoms with Crippen LogP contribution in [0, 0.1) is 5.41 Å². The second kappa shape index (κ2) is 5.50. The van der Waals surface area contributed by atoms with Gasteiger partial charge in [0.1, 0.15) is 0 Å². The molecule has 0 radical (unpaired) electrons. The second-order valence-electron chi connectivity index (χ2n) is 5.48. The molecule has 0 saturated carbocycles. The number of carbonyl (C=O) groups is 1. The van der Waals surface area contributed by atoms with Gasteiger partial charge in [0.25, 0.3) is 0 Å². The summed E-state index contributed by atoms with van der Waals surface area (Å²) in [6.45, 7) is 7.91. The van der Waals surface area contributed by atoms with Crippen molar-refractivity contribution in [2.45, 2.75) is 65.4 Å². The molecule has 0 saturated heterocycles. The second-order valence-corrected chi connectivity index (χ2v) is 5.48. The van der Waals surface area contributed by atoms with Gasteiger partial charge in [-0.25, -0.2) is 0 Å². The van der Waals surface area contributed by atoms with Crippen molar-refractivity contribution in [2.75, 3.05) is 0 Å². The van der Waals surface area contributed by atoms with Crippen LogP contribution in [0.1, 0.15) is 59.8 Å². The molecule has 0 aromatic rings. The van der Waals surface area contributed by atoms with Gasteiger partial charge in [-0.3, -0.25) is 4.79 Å². The minimum atomic E-state index is -0.738. The van der Waals surface area contributed by atoms with Gasteiger partial charge in [0.2, 0.25) is 0 Å². The fraction of sp³-hybridized carbons (Fsp3) is 0.917. The summed E-state index contributed by atoms with van der Waals surface area (Å²) in [6, 6.07) is 0. The smallest absolute Gasteiger partial charge is 0.303 e. The van der Waals surface area contributed by atoms with E-state index in [9.17, 15) is 9.90 Å². The first-order valence-electron chi connectivity index (χ1n) is 5.61. The zero-order valence-electron chi connectivity index (χ0n) is 10.3. The Labute approximate surface area is 92.5 Å². The largest absolute Gasteiger partial charge is 0.481 e. The Morgan fingerprint density at radius 3 is 2.00 bits per heavy atom. The monoisotopic (exact) mass is 216 g/mol. The molecule has 0 aromatic heterocycles. The summed E-state index contributed by atoms with van der Waals surface area (Å²) in [7, 11) is 0. The average Bonchev–Trinajstić information content (AvgIpc) is 2.00. The van der Waals surface area contributed by atoms with Crippen LogP contribution < -0.4 is 0 Å². The lowest BCUT2D eigenvalue weighted by Gasteiger charge is -2.37. The van der Waals surface area contributed by atoms with Crippen LogP contribution in [0.3, 0.4) is 0 Å². The number of aliphatic carboxylic acids is 1. The summed E-state index contributed by atoms with van der Waals surface area (Å²) in [6.07, 6.45) is 3.43. The first-order chi connectivity index (χ1) is 6.67. The van der Waals surface area contributed by atoms with Crippen molar-refractivity contribution < 1.29 is 15.0 Å². The van der Waals surface area contributed by atoms with Gasteiger partial charge in [0.15, 0.2) is 0 Å². The van der Waals surface area contributed by atoms with Gasteiger partial charge in [-0.15, -0.1) is 0 Å². The molecule has 3 heteroatoms. The fourth-order valence-electron chi connectivity index (χ4n) is 1.30. The molecule has 0 bridgehead atoms. The molecule has 0 aliphatic heterocycles. The van der Waals surface area contributed by atoms with E-state index in [1.54, 1.807) is 0 Å². The SMILES string of the molecule is CC(C)(C)C(C)(O)CCCCCC(=O)O. The van der Waals surface area contributed by atoms with Crippen LogP contribution in [0.15, 0.2) is 0 Å². The van der Waals surface area contributed by atoms with E-state index in [1.165, 1.54) is 0 Å². The van der Waals surface area contributed by atoms with Gasteiger partial charge >= 0.3 is 5.97 Å². The lowest BCUT2D eigenvalue weighted by Crippen LogP contribution is -2.39. The molecule has 1 atom stereocenters. The summed E-state index contributed by atoms with van der Waals surface area (Å²) < 4.78 is 0. The zero-order chi connectivity index (χ0) is 12.1. The highest BCUT2D eigenvalue weighted by Gasteiger charge is 2.34. The van der Waals surface area contributed by atoms with Crippen LogP contribution in [0.25, 0.3) is 0 Å². The van der Waals surface area contributed by atoms with E-state index in [1.807, 2.05) is 27.7 Å². The van der Waals surface area contributed by atoms with Crippen molar-refractivity contribution >= 4 is 5.97 Å². The highest BCUT2D eigenvalue weighted by molar-refractivity contribution is 5.66. The number of carboxylic acid groups (broad SMARTS) is 1. The lowest BCUT2D eigenvalue weighted by atomic mass is 9.75. The summed E-state index contributed by atoms with van der Waals surface area (Å²) >= 11 is 0. The maximum Gasteiger partial charge on any atom is 0.303 e. The van der Waals surface area contributed by atoms with Crippen molar-refractivity contribution in [1.29, 1.82) is 0 Å². The molecule has 3 nitrogen and oxygen atoms in total. The summed E-state index contributed by atoms with van der Waals surface area (Å²) in [4.78, 5) is 10.3. The molecule has 0 fully saturated rings. The van der Waals surface area contributed by atoms with E-state index < -0.39 is 11.6 Å². The van der Waals surface area contributed by atoms with Crippen LogP contribution >= 0.6 is 0 Å². The highest BCUT2D eigenvalue weighted by Crippen LogP contribution is 2.34. The van der Waals surface area contributed by atoms with E-state index >= 15 is 0 Å². The predicted molar refractivity (Wildman–Crippen MR) is 60.8 cm³/mol. The van der Waals surface area contributed by atoms with E-state index in [0.29, 0.717) is 6.42 Å². The predicted octanol–water partition coefficient (Wildman–Crippen LogP) is 2.82. The molecule has 0 aliphatic rings. The van der Waals surface area contributed by atoms with Gasteiger partial charge < -0.3 is 10.2 Å². The summed E-state index contributed by atoms with van der Waals surface area (Å²) in [5.74, 6) is -0.738. The third-order valence-electron chi connectivity index (χ3n) is 3.17. The molecule has 1 unspecified atom stereocenters. The van der Waals surface area contributed by atoms with Gasteiger partial charge in [-0.05, 0) is 25.2 Å². The number of hydrogen-bond acceptors (Lipinski definition) is 2. The molecule has 90 valence electrons. The fourth-order valence-corrected chi connectivity index (χ4v) is 1.30. The third kappa shape index (κ3) is 5.78. The average molecular weight is 216 g/mol. The van der Waals surface area contributed by atoms with Gasteiger partial charge in [-0.1, -0.05) is 33.6 Å². The number of aliphatic hydroxyl groups is 1. The third-order valence-corrected chi connectivity index (χ3v) is 3.17. The maximum absolute atomic E-state index is 10.3.